The van der Waals surface area contributed by atoms with Crippen LogP contribution in [0.4, 0.5) is 11.4 Å². The molecule has 0 atom stereocenters. The topological polar surface area (TPSA) is 84.9 Å². The second-order valence-electron chi connectivity index (χ2n) is 5.72. The highest BCUT2D eigenvalue weighted by atomic mass is 32.2. The number of hydrogen-bond donors (Lipinski definition) is 1. The zero-order valence-corrected chi connectivity index (χ0v) is 14.7. The van der Waals surface area contributed by atoms with Gasteiger partial charge in [0.25, 0.3) is 0 Å². The minimum absolute atomic E-state index is 0.141. The highest BCUT2D eigenvalue weighted by Gasteiger charge is 2.21. The van der Waals surface area contributed by atoms with Crippen molar-refractivity contribution in [1.29, 1.82) is 0 Å². The molecule has 0 aliphatic carbocycles. The van der Waals surface area contributed by atoms with E-state index >= 15 is 0 Å². The first-order chi connectivity index (χ1) is 11.8. The SMILES string of the molecule is Cc1ccc(N(CC(=O)Nc2ccc3c(c2)OCO3)S(C)(=O)=O)cc1. The van der Waals surface area contributed by atoms with Crippen molar-refractivity contribution in [3.05, 3.63) is 48.0 Å². The van der Waals surface area contributed by atoms with Crippen LogP contribution in [0.15, 0.2) is 42.5 Å². The zero-order valence-electron chi connectivity index (χ0n) is 13.9. The Morgan fingerprint density at radius 2 is 1.80 bits per heavy atom. The van der Waals surface area contributed by atoms with E-state index in [9.17, 15) is 13.2 Å². The lowest BCUT2D eigenvalue weighted by Gasteiger charge is -2.22. The number of benzene rings is 2. The summed E-state index contributed by atoms with van der Waals surface area (Å²) < 4.78 is 35.7. The predicted octanol–water partition coefficient (Wildman–Crippen LogP) is 2.13. The van der Waals surface area contributed by atoms with Gasteiger partial charge >= 0.3 is 0 Å². The van der Waals surface area contributed by atoms with E-state index in [4.69, 9.17) is 9.47 Å². The average molecular weight is 362 g/mol. The molecule has 0 bridgehead atoms. The molecule has 1 heterocycles. The van der Waals surface area contributed by atoms with Gasteiger partial charge in [-0.05, 0) is 31.2 Å². The summed E-state index contributed by atoms with van der Waals surface area (Å²) >= 11 is 0. The third-order valence-electron chi connectivity index (χ3n) is 3.67. The Kier molecular flexibility index (Phi) is 4.54. The Morgan fingerprint density at radius 3 is 2.48 bits per heavy atom. The van der Waals surface area contributed by atoms with Crippen LogP contribution in [-0.4, -0.2) is 33.9 Å². The molecule has 0 radical (unpaired) electrons. The maximum Gasteiger partial charge on any atom is 0.245 e. The molecule has 1 amide bonds. The summed E-state index contributed by atoms with van der Waals surface area (Å²) in [6.07, 6.45) is 1.07. The fourth-order valence-electron chi connectivity index (χ4n) is 2.42. The summed E-state index contributed by atoms with van der Waals surface area (Å²) in [7, 11) is -3.60. The van der Waals surface area contributed by atoms with Gasteiger partial charge in [-0.2, -0.15) is 0 Å². The monoisotopic (exact) mass is 362 g/mol. The molecule has 3 rings (SSSR count). The summed E-state index contributed by atoms with van der Waals surface area (Å²) in [6.45, 7) is 1.72. The molecule has 0 unspecified atom stereocenters. The Hall–Kier alpha value is -2.74. The number of nitrogens with zero attached hydrogens (tertiary/aromatic N) is 1. The van der Waals surface area contributed by atoms with Gasteiger partial charge in [-0.3, -0.25) is 9.10 Å². The predicted molar refractivity (Wildman–Crippen MR) is 94.6 cm³/mol. The minimum Gasteiger partial charge on any atom is -0.454 e. The smallest absolute Gasteiger partial charge is 0.245 e. The van der Waals surface area contributed by atoms with Gasteiger partial charge in [-0.1, -0.05) is 17.7 Å². The third-order valence-corrected chi connectivity index (χ3v) is 4.81. The molecule has 132 valence electrons. The first-order valence-corrected chi connectivity index (χ1v) is 9.41. The number of carbonyl (C=O) groups is 1. The van der Waals surface area contributed by atoms with Gasteiger partial charge in [-0.15, -0.1) is 0 Å². The van der Waals surface area contributed by atoms with Crippen molar-refractivity contribution >= 4 is 27.3 Å². The van der Waals surface area contributed by atoms with E-state index in [1.807, 2.05) is 6.92 Å². The van der Waals surface area contributed by atoms with Gasteiger partial charge in [-0.25, -0.2) is 8.42 Å². The molecular formula is C17H18N2O5S. The minimum atomic E-state index is -3.60. The van der Waals surface area contributed by atoms with Crippen molar-refractivity contribution in [3.8, 4) is 11.5 Å². The first kappa shape index (κ1) is 17.1. The number of ether oxygens (including phenoxy) is 2. The zero-order chi connectivity index (χ0) is 18.0. The second-order valence-corrected chi connectivity index (χ2v) is 7.63. The van der Waals surface area contributed by atoms with Gasteiger partial charge in [0.15, 0.2) is 11.5 Å². The van der Waals surface area contributed by atoms with E-state index in [0.29, 0.717) is 22.9 Å². The maximum atomic E-state index is 12.3. The summed E-state index contributed by atoms with van der Waals surface area (Å²) in [5, 5.41) is 2.67. The number of carbonyl (C=O) groups excluding carboxylic acids is 1. The molecule has 0 saturated heterocycles. The highest BCUT2D eigenvalue weighted by molar-refractivity contribution is 7.92. The summed E-state index contributed by atoms with van der Waals surface area (Å²) in [5.41, 5.74) is 1.95. The molecule has 1 aliphatic heterocycles. The Bertz CT molecular complexity index is 894. The van der Waals surface area contributed by atoms with Crippen LogP contribution < -0.4 is 19.1 Å². The van der Waals surface area contributed by atoms with Crippen LogP contribution in [0.2, 0.25) is 0 Å². The van der Waals surface area contributed by atoms with Gasteiger partial charge in [0.2, 0.25) is 22.7 Å². The van der Waals surface area contributed by atoms with E-state index in [2.05, 4.69) is 5.32 Å². The molecule has 0 saturated carbocycles. The number of nitrogens with one attached hydrogen (secondary N) is 1. The van der Waals surface area contributed by atoms with Crippen LogP contribution in [0, 0.1) is 6.92 Å². The maximum absolute atomic E-state index is 12.3. The number of fused-ring (bicyclic) bond motifs is 1. The number of rotatable bonds is 5. The second kappa shape index (κ2) is 6.64. The van der Waals surface area contributed by atoms with Crippen molar-refractivity contribution in [2.24, 2.45) is 0 Å². The normalized spacial score (nSPS) is 12.7. The van der Waals surface area contributed by atoms with E-state index < -0.39 is 15.9 Å². The summed E-state index contributed by atoms with van der Waals surface area (Å²) in [6, 6.07) is 11.9. The van der Waals surface area contributed by atoms with Crippen LogP contribution in [-0.2, 0) is 14.8 Å². The molecule has 0 aromatic heterocycles. The van der Waals surface area contributed by atoms with E-state index in [1.165, 1.54) is 0 Å². The fraction of sp³-hybridized carbons (Fsp3) is 0.235. The van der Waals surface area contributed by atoms with Crippen molar-refractivity contribution in [2.75, 3.05) is 29.2 Å². The molecule has 8 heteroatoms. The van der Waals surface area contributed by atoms with Crippen molar-refractivity contribution in [1.82, 2.24) is 0 Å². The standard InChI is InChI=1S/C17H18N2O5S/c1-12-3-6-14(7-4-12)19(25(2,21)22)10-17(20)18-13-5-8-15-16(9-13)24-11-23-15/h3-9H,10-11H2,1-2H3,(H,18,20). The van der Waals surface area contributed by atoms with Crippen molar-refractivity contribution in [3.63, 3.8) is 0 Å². The average Bonchev–Trinajstić information content (AvgIpc) is 3.00. The lowest BCUT2D eigenvalue weighted by Crippen LogP contribution is -2.37. The molecule has 0 spiro atoms. The molecule has 1 N–H and O–H groups in total. The molecule has 0 fully saturated rings. The van der Waals surface area contributed by atoms with Crippen LogP contribution in [0.25, 0.3) is 0 Å². The summed E-state index contributed by atoms with van der Waals surface area (Å²) in [4.78, 5) is 12.3. The van der Waals surface area contributed by atoms with Gasteiger partial charge in [0.05, 0.1) is 11.9 Å². The van der Waals surface area contributed by atoms with Crippen LogP contribution in [0.3, 0.4) is 0 Å². The van der Waals surface area contributed by atoms with Gasteiger partial charge in [0.1, 0.15) is 6.54 Å². The number of amides is 1. The lowest BCUT2D eigenvalue weighted by molar-refractivity contribution is -0.114. The quantitative estimate of drug-likeness (QED) is 0.881. The fourth-order valence-corrected chi connectivity index (χ4v) is 3.27. The molecule has 1 aliphatic rings. The number of sulfonamides is 1. The van der Waals surface area contributed by atoms with Crippen LogP contribution in [0.1, 0.15) is 5.56 Å². The van der Waals surface area contributed by atoms with Gasteiger partial charge < -0.3 is 14.8 Å². The molecule has 7 nitrogen and oxygen atoms in total. The molecular weight excluding hydrogens is 344 g/mol. The van der Waals surface area contributed by atoms with Crippen molar-refractivity contribution in [2.45, 2.75) is 6.92 Å². The molecule has 25 heavy (non-hydrogen) atoms. The van der Waals surface area contributed by atoms with E-state index in [0.717, 1.165) is 16.1 Å². The van der Waals surface area contributed by atoms with E-state index in [-0.39, 0.29) is 13.3 Å². The van der Waals surface area contributed by atoms with Crippen LogP contribution >= 0.6 is 0 Å². The van der Waals surface area contributed by atoms with Crippen LogP contribution in [0.5, 0.6) is 11.5 Å². The van der Waals surface area contributed by atoms with E-state index in [1.54, 1.807) is 42.5 Å². The van der Waals surface area contributed by atoms with Gasteiger partial charge in [0, 0.05) is 11.8 Å². The first-order valence-electron chi connectivity index (χ1n) is 7.57. The molecule has 2 aromatic carbocycles. The number of anilines is 2. The number of hydrogen-bond acceptors (Lipinski definition) is 5. The largest absolute Gasteiger partial charge is 0.454 e. The lowest BCUT2D eigenvalue weighted by atomic mass is 10.2. The van der Waals surface area contributed by atoms with Crippen molar-refractivity contribution < 1.29 is 22.7 Å². The number of aryl methyl sites for hydroxylation is 1. The Balaban J connectivity index is 1.75. The Morgan fingerprint density at radius 1 is 1.12 bits per heavy atom. The Labute approximate surface area is 146 Å². The summed E-state index contributed by atoms with van der Waals surface area (Å²) in [5.74, 6) is 0.691. The molecule has 2 aromatic rings. The third kappa shape index (κ3) is 4.03. The highest BCUT2D eigenvalue weighted by Crippen LogP contribution is 2.34.